The third-order valence-electron chi connectivity index (χ3n) is 4.04. The van der Waals surface area contributed by atoms with Gasteiger partial charge in [-0.3, -0.25) is 4.79 Å². The van der Waals surface area contributed by atoms with Gasteiger partial charge in [-0.1, -0.05) is 11.6 Å². The number of anilines is 1. The summed E-state index contributed by atoms with van der Waals surface area (Å²) in [6.45, 7) is 1.90. The number of amides is 1. The summed E-state index contributed by atoms with van der Waals surface area (Å²) in [6.07, 6.45) is 0.923. The molecule has 1 amide bonds. The molecule has 9 heteroatoms. The van der Waals surface area contributed by atoms with Gasteiger partial charge >= 0.3 is 0 Å². The summed E-state index contributed by atoms with van der Waals surface area (Å²) in [6, 6.07) is 5.65. The molecule has 1 heterocycles. The van der Waals surface area contributed by atoms with Crippen molar-refractivity contribution in [2.75, 3.05) is 38.8 Å². The van der Waals surface area contributed by atoms with Gasteiger partial charge in [0.15, 0.2) is 0 Å². The molecule has 1 aromatic rings. The van der Waals surface area contributed by atoms with Crippen molar-refractivity contribution in [1.82, 2.24) is 5.32 Å². The van der Waals surface area contributed by atoms with Crippen LogP contribution in [0.5, 0.6) is 5.75 Å². The molecular weight excluding hydrogens is 389 g/mol. The fourth-order valence-corrected chi connectivity index (χ4v) is 2.93. The minimum atomic E-state index is -0.236. The van der Waals surface area contributed by atoms with Gasteiger partial charge in [0.2, 0.25) is 5.91 Å². The van der Waals surface area contributed by atoms with Crippen LogP contribution >= 0.6 is 36.4 Å². The van der Waals surface area contributed by atoms with Crippen LogP contribution < -0.4 is 20.7 Å². The van der Waals surface area contributed by atoms with Crippen molar-refractivity contribution in [3.05, 3.63) is 23.2 Å². The molecule has 3 N–H and O–H groups in total. The van der Waals surface area contributed by atoms with E-state index in [1.54, 1.807) is 20.3 Å². The Balaban J connectivity index is 0.00000288. The van der Waals surface area contributed by atoms with E-state index in [0.717, 1.165) is 30.9 Å². The van der Waals surface area contributed by atoms with E-state index in [4.69, 9.17) is 26.8 Å². The quantitative estimate of drug-likeness (QED) is 0.715. The summed E-state index contributed by atoms with van der Waals surface area (Å²) >= 11 is 6.08. The Labute approximate surface area is 166 Å². The van der Waals surface area contributed by atoms with Crippen LogP contribution in [0.2, 0.25) is 5.02 Å². The Morgan fingerprint density at radius 2 is 2.16 bits per heavy atom. The Hall–Kier alpha value is -0.920. The van der Waals surface area contributed by atoms with E-state index in [9.17, 15) is 4.79 Å². The van der Waals surface area contributed by atoms with Gasteiger partial charge in [0.25, 0.3) is 0 Å². The van der Waals surface area contributed by atoms with Crippen molar-refractivity contribution in [3.63, 3.8) is 0 Å². The Morgan fingerprint density at radius 3 is 2.76 bits per heavy atom. The van der Waals surface area contributed by atoms with Crippen LogP contribution in [0.15, 0.2) is 18.2 Å². The molecule has 6 nitrogen and oxygen atoms in total. The van der Waals surface area contributed by atoms with Gasteiger partial charge in [0, 0.05) is 37.8 Å². The van der Waals surface area contributed by atoms with Crippen molar-refractivity contribution < 1.29 is 14.3 Å². The number of ether oxygens (including phenoxy) is 2. The molecule has 144 valence electrons. The minimum Gasteiger partial charge on any atom is -0.495 e. The van der Waals surface area contributed by atoms with E-state index in [1.165, 1.54) is 0 Å². The highest BCUT2D eigenvalue weighted by Gasteiger charge is 2.26. The predicted octanol–water partition coefficient (Wildman–Crippen LogP) is 2.25. The zero-order valence-electron chi connectivity index (χ0n) is 14.4. The van der Waals surface area contributed by atoms with Crippen molar-refractivity contribution >= 4 is 48.0 Å². The topological polar surface area (TPSA) is 76.8 Å². The number of methoxy groups -OCH3 is 2. The van der Waals surface area contributed by atoms with Crippen LogP contribution in [0.25, 0.3) is 0 Å². The number of hydrogen-bond acceptors (Lipinski definition) is 5. The van der Waals surface area contributed by atoms with Crippen LogP contribution in [0.1, 0.15) is 12.8 Å². The van der Waals surface area contributed by atoms with Crippen molar-refractivity contribution in [2.45, 2.75) is 25.0 Å². The van der Waals surface area contributed by atoms with Gasteiger partial charge in [-0.05, 0) is 24.6 Å². The van der Waals surface area contributed by atoms with Gasteiger partial charge in [0.1, 0.15) is 5.75 Å². The number of carbonyl (C=O) groups excluding carboxylic acids is 1. The molecule has 0 bridgehead atoms. The monoisotopic (exact) mass is 413 g/mol. The first-order valence-corrected chi connectivity index (χ1v) is 8.05. The maximum absolute atomic E-state index is 12.0. The molecule has 0 aliphatic carbocycles. The van der Waals surface area contributed by atoms with E-state index in [0.29, 0.717) is 11.6 Å². The Kier molecular flexibility index (Phi) is 11.2. The van der Waals surface area contributed by atoms with Gasteiger partial charge in [-0.25, -0.2) is 0 Å². The van der Waals surface area contributed by atoms with E-state index < -0.39 is 0 Å². The van der Waals surface area contributed by atoms with E-state index >= 15 is 0 Å². The summed E-state index contributed by atoms with van der Waals surface area (Å²) in [5, 5.41) is 3.71. The molecule has 25 heavy (non-hydrogen) atoms. The molecule has 0 spiro atoms. The number of nitrogens with one attached hydrogen (secondary N) is 1. The Morgan fingerprint density at radius 1 is 1.44 bits per heavy atom. The number of nitrogens with zero attached hydrogens (tertiary/aromatic N) is 1. The molecule has 0 radical (unpaired) electrons. The molecular formula is C16H26Cl3N3O3. The summed E-state index contributed by atoms with van der Waals surface area (Å²) in [5.41, 5.74) is 6.50. The summed E-state index contributed by atoms with van der Waals surface area (Å²) in [4.78, 5) is 14.2. The number of nitrogens with two attached hydrogens (primary N) is 1. The standard InChI is InChI=1S/C16H24ClN3O3.2ClH/c1-22-13(9-18)8-16(21)19-12-5-6-20(10-12)14-7-11(17)3-4-15(14)23-2;;/h3-4,7,12-13H,5-6,8-10,18H2,1-2H3,(H,19,21);2*1H. The number of halogens is 3. The van der Waals surface area contributed by atoms with Crippen LogP contribution in [-0.4, -0.2) is 51.9 Å². The second kappa shape index (κ2) is 11.6. The lowest BCUT2D eigenvalue weighted by Crippen LogP contribution is -2.40. The highest BCUT2D eigenvalue weighted by molar-refractivity contribution is 6.30. The normalized spacial score (nSPS) is 17.3. The number of hydrogen-bond donors (Lipinski definition) is 2. The lowest BCUT2D eigenvalue weighted by Gasteiger charge is -2.22. The fourth-order valence-electron chi connectivity index (χ4n) is 2.76. The highest BCUT2D eigenvalue weighted by Crippen LogP contribution is 2.33. The molecule has 0 saturated carbocycles. The van der Waals surface area contributed by atoms with Crippen LogP contribution in [0.3, 0.4) is 0 Å². The largest absolute Gasteiger partial charge is 0.495 e. The third kappa shape index (κ3) is 6.72. The van der Waals surface area contributed by atoms with Crippen molar-refractivity contribution in [2.24, 2.45) is 5.73 Å². The zero-order valence-corrected chi connectivity index (χ0v) is 16.8. The van der Waals surface area contributed by atoms with Crippen LogP contribution in [0, 0.1) is 0 Å². The number of rotatable bonds is 7. The van der Waals surface area contributed by atoms with E-state index in [1.807, 2.05) is 12.1 Å². The van der Waals surface area contributed by atoms with Gasteiger partial charge in [-0.2, -0.15) is 0 Å². The Bertz CT molecular complexity index is 545. The van der Waals surface area contributed by atoms with E-state index in [2.05, 4.69) is 10.2 Å². The lowest BCUT2D eigenvalue weighted by atomic mass is 10.2. The van der Waals surface area contributed by atoms with Crippen molar-refractivity contribution in [1.29, 1.82) is 0 Å². The molecule has 1 aromatic carbocycles. The first kappa shape index (κ1) is 24.1. The average molecular weight is 415 g/mol. The second-order valence-electron chi connectivity index (χ2n) is 5.61. The average Bonchev–Trinajstić information content (AvgIpc) is 3.00. The zero-order chi connectivity index (χ0) is 16.8. The molecule has 1 aliphatic heterocycles. The van der Waals surface area contributed by atoms with Gasteiger partial charge < -0.3 is 25.4 Å². The molecule has 2 rings (SSSR count). The lowest BCUT2D eigenvalue weighted by molar-refractivity contribution is -0.123. The summed E-state index contributed by atoms with van der Waals surface area (Å²) in [7, 11) is 3.20. The highest BCUT2D eigenvalue weighted by atomic mass is 35.5. The SMILES string of the molecule is COc1ccc(Cl)cc1N1CCC(NC(=O)CC(CN)OC)C1.Cl.Cl. The van der Waals surface area contributed by atoms with Crippen molar-refractivity contribution in [3.8, 4) is 5.75 Å². The fraction of sp³-hybridized carbons (Fsp3) is 0.562. The second-order valence-corrected chi connectivity index (χ2v) is 6.05. The number of benzene rings is 1. The summed E-state index contributed by atoms with van der Waals surface area (Å²) < 4.78 is 10.5. The summed E-state index contributed by atoms with van der Waals surface area (Å²) in [5.74, 6) is 0.746. The van der Waals surface area contributed by atoms with Crippen LogP contribution in [-0.2, 0) is 9.53 Å². The molecule has 0 aromatic heterocycles. The van der Waals surface area contributed by atoms with Gasteiger partial charge in [0.05, 0.1) is 25.3 Å². The van der Waals surface area contributed by atoms with Crippen LogP contribution in [0.4, 0.5) is 5.69 Å². The molecule has 2 atom stereocenters. The molecule has 2 unspecified atom stereocenters. The first-order chi connectivity index (χ1) is 11.1. The van der Waals surface area contributed by atoms with E-state index in [-0.39, 0.29) is 49.3 Å². The molecule has 1 saturated heterocycles. The third-order valence-corrected chi connectivity index (χ3v) is 4.28. The molecule has 1 aliphatic rings. The maximum atomic E-state index is 12.0. The van der Waals surface area contributed by atoms with Gasteiger partial charge in [-0.15, -0.1) is 24.8 Å². The first-order valence-electron chi connectivity index (χ1n) is 7.68. The molecule has 1 fully saturated rings. The smallest absolute Gasteiger partial charge is 0.222 e. The minimum absolute atomic E-state index is 0. The maximum Gasteiger partial charge on any atom is 0.222 e. The number of carbonyl (C=O) groups is 1. The predicted molar refractivity (Wildman–Crippen MR) is 106 cm³/mol.